The first-order valence-corrected chi connectivity index (χ1v) is 5.59. The Morgan fingerprint density at radius 1 is 0.765 bits per heavy atom. The van der Waals surface area contributed by atoms with Crippen LogP contribution in [-0.4, -0.2) is 7.28 Å². The van der Waals surface area contributed by atoms with Crippen molar-refractivity contribution in [1.82, 2.24) is 0 Å². The van der Waals surface area contributed by atoms with Crippen molar-refractivity contribution in [2.75, 3.05) is 0 Å². The third-order valence-electron chi connectivity index (χ3n) is 3.10. The third-order valence-corrected chi connectivity index (χ3v) is 3.10. The summed E-state index contributed by atoms with van der Waals surface area (Å²) in [5.41, 5.74) is 1.28. The monoisotopic (exact) mass is 292 g/mol. The minimum Gasteiger partial charge on any atom is -0.0875 e. The predicted molar refractivity (Wildman–Crippen MR) is 72.7 cm³/mol. The topological polar surface area (TPSA) is 0 Å². The number of benzene rings is 3. The van der Waals surface area contributed by atoms with Gasteiger partial charge < -0.3 is 0 Å². The van der Waals surface area contributed by atoms with Gasteiger partial charge in [-0.2, -0.15) is 0 Å². The Morgan fingerprint density at radius 3 is 2.29 bits per heavy atom. The maximum absolute atomic E-state index is 2.24. The van der Waals surface area contributed by atoms with Crippen LogP contribution < -0.4 is 5.46 Å². The molecule has 17 heavy (non-hydrogen) atoms. The molecule has 78 valence electrons. The Labute approximate surface area is 128 Å². The molecule has 0 aliphatic carbocycles. The first-order chi connectivity index (χ1) is 7.88. The smallest absolute Gasteiger partial charge is 0.0875 e. The second-order valence-electron chi connectivity index (χ2n) is 4.06. The molecule has 0 saturated carbocycles. The van der Waals surface area contributed by atoms with Crippen molar-refractivity contribution in [2.24, 2.45) is 0 Å². The summed E-state index contributed by atoms with van der Waals surface area (Å²) in [6.45, 7) is 2.07. The van der Waals surface area contributed by atoms with Crippen LogP contribution in [0.25, 0.3) is 21.5 Å². The third kappa shape index (κ3) is 2.32. The summed E-state index contributed by atoms with van der Waals surface area (Å²) in [5.74, 6) is 0. The van der Waals surface area contributed by atoms with Gasteiger partial charge in [-0.25, -0.2) is 0 Å². The van der Waals surface area contributed by atoms with Crippen molar-refractivity contribution in [3.8, 4) is 0 Å². The van der Waals surface area contributed by atoms with E-state index in [0.29, 0.717) is 0 Å². The van der Waals surface area contributed by atoms with Crippen LogP contribution in [0.2, 0.25) is 6.82 Å². The van der Waals surface area contributed by atoms with Crippen molar-refractivity contribution in [3.63, 3.8) is 0 Å². The molecule has 3 aromatic rings. The Balaban J connectivity index is 0.00000108. The van der Waals surface area contributed by atoms with E-state index in [1.807, 2.05) is 0 Å². The van der Waals surface area contributed by atoms with E-state index < -0.39 is 0 Å². The van der Waals surface area contributed by atoms with Crippen molar-refractivity contribution in [2.45, 2.75) is 6.82 Å². The van der Waals surface area contributed by atoms with Crippen LogP contribution in [0.15, 0.2) is 54.6 Å². The molecular formula is C15H12BY. The van der Waals surface area contributed by atoms with Crippen LogP contribution in [0.3, 0.4) is 0 Å². The molecule has 0 aliphatic heterocycles. The van der Waals surface area contributed by atoms with Crippen LogP contribution in [0.4, 0.5) is 0 Å². The molecular weight excluding hydrogens is 280 g/mol. The Morgan fingerprint density at radius 2 is 1.47 bits per heavy atom. The molecule has 0 bridgehead atoms. The van der Waals surface area contributed by atoms with Gasteiger partial charge in [-0.3, -0.25) is 0 Å². The molecule has 0 aromatic heterocycles. The van der Waals surface area contributed by atoms with Gasteiger partial charge in [0.15, 0.2) is 0 Å². The van der Waals surface area contributed by atoms with Crippen LogP contribution in [0.5, 0.6) is 0 Å². The van der Waals surface area contributed by atoms with E-state index in [2.05, 4.69) is 68.7 Å². The first-order valence-electron chi connectivity index (χ1n) is 5.59. The summed E-state index contributed by atoms with van der Waals surface area (Å²) in [6, 6.07) is 19.6. The SMILES string of the molecule is C[B]c1ccc2c(ccc3ccccc32)c1.[Y]. The average molecular weight is 292 g/mol. The van der Waals surface area contributed by atoms with Gasteiger partial charge in [-0.05, 0) is 21.5 Å². The average Bonchev–Trinajstić information content (AvgIpc) is 2.38. The normalized spacial score (nSPS) is 10.2. The van der Waals surface area contributed by atoms with Crippen molar-refractivity contribution in [1.29, 1.82) is 0 Å². The van der Waals surface area contributed by atoms with E-state index in [4.69, 9.17) is 0 Å². The van der Waals surface area contributed by atoms with Gasteiger partial charge in [0.05, 0.1) is 0 Å². The summed E-state index contributed by atoms with van der Waals surface area (Å²) >= 11 is 0. The van der Waals surface area contributed by atoms with Gasteiger partial charge in [0.2, 0.25) is 0 Å². The van der Waals surface area contributed by atoms with Gasteiger partial charge in [-0.15, -0.1) is 0 Å². The minimum absolute atomic E-state index is 0. The zero-order valence-corrected chi connectivity index (χ0v) is 12.7. The number of hydrogen-bond donors (Lipinski definition) is 0. The molecule has 0 spiro atoms. The number of hydrogen-bond acceptors (Lipinski definition) is 0. The number of rotatable bonds is 1. The molecule has 3 aromatic carbocycles. The van der Waals surface area contributed by atoms with Crippen molar-refractivity contribution in [3.05, 3.63) is 54.6 Å². The molecule has 0 unspecified atom stereocenters. The number of fused-ring (bicyclic) bond motifs is 3. The maximum atomic E-state index is 2.24. The fourth-order valence-electron chi connectivity index (χ4n) is 2.21. The summed E-state index contributed by atoms with van der Waals surface area (Å²) in [4.78, 5) is 0. The zero-order chi connectivity index (χ0) is 11.0. The zero-order valence-electron chi connectivity index (χ0n) is 9.85. The maximum Gasteiger partial charge on any atom is 0.148 e. The molecule has 0 N–H and O–H groups in total. The van der Waals surface area contributed by atoms with E-state index in [0.717, 1.165) is 0 Å². The fraction of sp³-hybridized carbons (Fsp3) is 0.0667. The molecule has 2 heteroatoms. The van der Waals surface area contributed by atoms with Crippen LogP contribution in [0.1, 0.15) is 0 Å². The summed E-state index contributed by atoms with van der Waals surface area (Å²) in [7, 11) is 2.13. The van der Waals surface area contributed by atoms with Gasteiger partial charge in [0.25, 0.3) is 0 Å². The predicted octanol–water partition coefficient (Wildman–Crippen LogP) is 3.37. The molecule has 0 nitrogen and oxygen atoms in total. The second-order valence-corrected chi connectivity index (χ2v) is 4.06. The van der Waals surface area contributed by atoms with E-state index in [9.17, 15) is 0 Å². The molecule has 2 radical (unpaired) electrons. The van der Waals surface area contributed by atoms with E-state index in [1.54, 1.807) is 0 Å². The van der Waals surface area contributed by atoms with Crippen LogP contribution in [0, 0.1) is 0 Å². The molecule has 0 saturated heterocycles. The minimum atomic E-state index is 0. The quantitative estimate of drug-likeness (QED) is 0.476. The van der Waals surface area contributed by atoms with Crippen LogP contribution in [-0.2, 0) is 32.7 Å². The summed E-state index contributed by atoms with van der Waals surface area (Å²) in [6.07, 6.45) is 0. The molecule has 0 heterocycles. The molecule has 0 amide bonds. The van der Waals surface area contributed by atoms with Crippen molar-refractivity contribution >= 4 is 34.3 Å². The van der Waals surface area contributed by atoms with Gasteiger partial charge >= 0.3 is 0 Å². The van der Waals surface area contributed by atoms with Gasteiger partial charge in [-0.1, -0.05) is 66.9 Å². The van der Waals surface area contributed by atoms with Gasteiger partial charge in [0, 0.05) is 32.7 Å². The fourth-order valence-corrected chi connectivity index (χ4v) is 2.21. The van der Waals surface area contributed by atoms with E-state index >= 15 is 0 Å². The molecule has 0 aliphatic rings. The Hall–Kier alpha value is -0.651. The Bertz CT molecular complexity index is 661. The summed E-state index contributed by atoms with van der Waals surface area (Å²) in [5, 5.41) is 5.30. The van der Waals surface area contributed by atoms with Crippen molar-refractivity contribution < 1.29 is 32.7 Å². The van der Waals surface area contributed by atoms with Crippen LogP contribution >= 0.6 is 0 Å². The van der Waals surface area contributed by atoms with Gasteiger partial charge in [0.1, 0.15) is 7.28 Å². The standard InChI is InChI=1S/C15H12B.Y/c1-16-13-8-9-15-12(10-13)7-6-11-4-2-3-5-14(11)15;/h2-10H,1H3;. The molecule has 3 rings (SSSR count). The molecule has 0 fully saturated rings. The van der Waals surface area contributed by atoms with E-state index in [-0.39, 0.29) is 32.7 Å². The molecule has 0 atom stereocenters. The van der Waals surface area contributed by atoms with E-state index in [1.165, 1.54) is 27.0 Å². The largest absolute Gasteiger partial charge is 0.148 e. The second kappa shape index (κ2) is 5.33. The summed E-state index contributed by atoms with van der Waals surface area (Å²) < 4.78 is 0. The Kier molecular flexibility index (Phi) is 4.01. The first kappa shape index (κ1) is 12.8.